The number of hydrogen-bond acceptors (Lipinski definition) is 6. The second kappa shape index (κ2) is 7.77. The number of carbonyl (C=O) groups is 2. The third-order valence-corrected chi connectivity index (χ3v) is 5.37. The van der Waals surface area contributed by atoms with E-state index in [2.05, 4.69) is 15.5 Å². The summed E-state index contributed by atoms with van der Waals surface area (Å²) >= 11 is 1.55. The van der Waals surface area contributed by atoms with Gasteiger partial charge in [0.1, 0.15) is 5.01 Å². The summed E-state index contributed by atoms with van der Waals surface area (Å²) < 4.78 is 5.15. The van der Waals surface area contributed by atoms with E-state index in [0.717, 1.165) is 30.0 Å². The summed E-state index contributed by atoms with van der Waals surface area (Å²) in [6.45, 7) is 4.76. The topological polar surface area (TPSA) is 88.3 Å². The van der Waals surface area contributed by atoms with Crippen molar-refractivity contribution in [3.05, 3.63) is 34.1 Å². The first-order valence-electron chi connectivity index (χ1n) is 8.49. The molecule has 1 atom stereocenters. The molecule has 1 aliphatic rings. The average molecular weight is 362 g/mol. The lowest BCUT2D eigenvalue weighted by molar-refractivity contribution is -0.120. The summed E-state index contributed by atoms with van der Waals surface area (Å²) in [7, 11) is 0. The average Bonchev–Trinajstić information content (AvgIpc) is 3.30. The molecule has 8 heteroatoms. The Hall–Kier alpha value is -2.22. The summed E-state index contributed by atoms with van der Waals surface area (Å²) in [5, 5.41) is 9.73. The van der Waals surface area contributed by atoms with E-state index in [0.29, 0.717) is 18.8 Å². The minimum atomic E-state index is -0.115. The zero-order valence-electron chi connectivity index (χ0n) is 14.4. The summed E-state index contributed by atoms with van der Waals surface area (Å²) in [6, 6.07) is 1.62. The van der Waals surface area contributed by atoms with Gasteiger partial charge in [0.15, 0.2) is 0 Å². The maximum absolute atomic E-state index is 12.5. The van der Waals surface area contributed by atoms with Gasteiger partial charge in [-0.3, -0.25) is 9.59 Å². The van der Waals surface area contributed by atoms with Crippen molar-refractivity contribution in [1.29, 1.82) is 0 Å². The Morgan fingerprint density at radius 2 is 2.20 bits per heavy atom. The number of likely N-dealkylation sites (tertiary alicyclic amines) is 1. The monoisotopic (exact) mass is 362 g/mol. The molecule has 3 rings (SSSR count). The number of aryl methyl sites for hydroxylation is 1. The molecule has 0 saturated carbocycles. The van der Waals surface area contributed by atoms with Crippen molar-refractivity contribution in [3.63, 3.8) is 0 Å². The predicted molar refractivity (Wildman–Crippen MR) is 93.2 cm³/mol. The minimum absolute atomic E-state index is 0.0625. The van der Waals surface area contributed by atoms with E-state index in [1.54, 1.807) is 28.5 Å². The van der Waals surface area contributed by atoms with E-state index >= 15 is 0 Å². The molecule has 1 aliphatic heterocycles. The van der Waals surface area contributed by atoms with Gasteiger partial charge in [-0.1, -0.05) is 12.1 Å². The van der Waals surface area contributed by atoms with Crippen LogP contribution in [0.3, 0.4) is 0 Å². The molecule has 7 nitrogen and oxygen atoms in total. The largest absolute Gasteiger partial charge is 0.351 e. The Kier molecular flexibility index (Phi) is 5.47. The molecular formula is C17H22N4O3S. The first-order valence-corrected chi connectivity index (χ1v) is 9.37. The van der Waals surface area contributed by atoms with Crippen molar-refractivity contribution < 1.29 is 14.1 Å². The van der Waals surface area contributed by atoms with Gasteiger partial charge < -0.3 is 14.7 Å². The van der Waals surface area contributed by atoms with Crippen LogP contribution >= 0.6 is 11.3 Å². The van der Waals surface area contributed by atoms with Crippen molar-refractivity contribution in [2.24, 2.45) is 5.92 Å². The highest BCUT2D eigenvalue weighted by Gasteiger charge is 2.32. The van der Waals surface area contributed by atoms with Gasteiger partial charge in [-0.15, -0.1) is 11.3 Å². The van der Waals surface area contributed by atoms with Crippen molar-refractivity contribution in [2.45, 2.75) is 39.2 Å². The smallest absolute Gasteiger partial charge is 0.292 e. The highest BCUT2D eigenvalue weighted by molar-refractivity contribution is 7.09. The molecule has 0 unspecified atom stereocenters. The molecule has 1 saturated heterocycles. The Balaban J connectivity index is 1.63. The van der Waals surface area contributed by atoms with E-state index in [-0.39, 0.29) is 23.8 Å². The Morgan fingerprint density at radius 3 is 2.76 bits per heavy atom. The molecule has 2 aromatic heterocycles. The van der Waals surface area contributed by atoms with Gasteiger partial charge in [0.25, 0.3) is 5.91 Å². The van der Waals surface area contributed by atoms with Gasteiger partial charge >= 0.3 is 0 Å². The van der Waals surface area contributed by atoms with E-state index in [9.17, 15) is 9.59 Å². The fourth-order valence-corrected chi connectivity index (χ4v) is 3.94. The van der Waals surface area contributed by atoms with Crippen LogP contribution in [-0.4, -0.2) is 39.9 Å². The van der Waals surface area contributed by atoms with Gasteiger partial charge in [0, 0.05) is 37.7 Å². The third-order valence-electron chi connectivity index (χ3n) is 4.51. The fraction of sp³-hybridized carbons (Fsp3) is 0.529. The normalized spacial score (nSPS) is 16.6. The van der Waals surface area contributed by atoms with Gasteiger partial charge in [0.05, 0.1) is 11.7 Å². The molecule has 1 N–H and O–H groups in total. The quantitative estimate of drug-likeness (QED) is 0.882. The number of hydrogen-bond donors (Lipinski definition) is 1. The summed E-state index contributed by atoms with van der Waals surface area (Å²) in [5.74, 6) is 0.386. The molecule has 1 fully saturated rings. The lowest BCUT2D eigenvalue weighted by Gasteiger charge is -2.35. The van der Waals surface area contributed by atoms with Gasteiger partial charge in [0.2, 0.25) is 11.7 Å². The van der Waals surface area contributed by atoms with Crippen LogP contribution in [0.2, 0.25) is 0 Å². The Bertz CT molecular complexity index is 720. The Morgan fingerprint density at radius 1 is 1.44 bits per heavy atom. The van der Waals surface area contributed by atoms with Crippen LogP contribution in [-0.2, 0) is 11.2 Å². The van der Waals surface area contributed by atoms with Crippen molar-refractivity contribution in [1.82, 2.24) is 20.4 Å². The maximum atomic E-state index is 12.5. The number of nitrogens with one attached hydrogen (secondary N) is 1. The lowest BCUT2D eigenvalue weighted by atomic mass is 9.89. The second-order valence-electron chi connectivity index (χ2n) is 6.21. The van der Waals surface area contributed by atoms with E-state index in [4.69, 9.17) is 4.52 Å². The summed E-state index contributed by atoms with van der Waals surface area (Å²) in [5.41, 5.74) is 0.785. The first-order chi connectivity index (χ1) is 12.1. The van der Waals surface area contributed by atoms with E-state index < -0.39 is 0 Å². The molecule has 2 aromatic rings. The van der Waals surface area contributed by atoms with Gasteiger partial charge in [-0.2, -0.15) is 0 Å². The number of amides is 2. The van der Waals surface area contributed by atoms with Crippen LogP contribution in [0.1, 0.15) is 54.0 Å². The summed E-state index contributed by atoms with van der Waals surface area (Å²) in [6.07, 6.45) is 4.11. The van der Waals surface area contributed by atoms with E-state index in [1.165, 1.54) is 6.92 Å². The standard InChI is InChI=1S/C17H22N4O3S/c1-3-13-10-14(24-20-13)17(23)21-7-4-12(5-8-21)15(19-11(2)22)16-18-6-9-25-16/h6,9-10,12,15H,3-5,7-8H2,1-2H3,(H,19,22)/t15-/m0/s1. The number of thiazole rings is 1. The predicted octanol–water partition coefficient (Wildman–Crippen LogP) is 2.42. The summed E-state index contributed by atoms with van der Waals surface area (Å²) in [4.78, 5) is 30.2. The van der Waals surface area contributed by atoms with Crippen LogP contribution in [0.25, 0.3) is 0 Å². The molecule has 3 heterocycles. The molecular weight excluding hydrogens is 340 g/mol. The van der Waals surface area contributed by atoms with Crippen LogP contribution in [0, 0.1) is 5.92 Å². The fourth-order valence-electron chi connectivity index (χ4n) is 3.16. The third kappa shape index (κ3) is 4.07. The highest BCUT2D eigenvalue weighted by atomic mass is 32.1. The molecule has 0 bridgehead atoms. The van der Waals surface area contributed by atoms with Crippen LogP contribution < -0.4 is 5.32 Å². The van der Waals surface area contributed by atoms with Gasteiger partial charge in [-0.05, 0) is 25.2 Å². The molecule has 25 heavy (non-hydrogen) atoms. The van der Waals surface area contributed by atoms with Crippen molar-refractivity contribution >= 4 is 23.2 Å². The van der Waals surface area contributed by atoms with Crippen molar-refractivity contribution in [2.75, 3.05) is 13.1 Å². The number of rotatable bonds is 5. The molecule has 0 aromatic carbocycles. The highest BCUT2D eigenvalue weighted by Crippen LogP contribution is 2.32. The van der Waals surface area contributed by atoms with Crippen LogP contribution in [0.5, 0.6) is 0 Å². The first kappa shape index (κ1) is 17.6. The zero-order valence-corrected chi connectivity index (χ0v) is 15.2. The van der Waals surface area contributed by atoms with Crippen LogP contribution in [0.4, 0.5) is 0 Å². The lowest BCUT2D eigenvalue weighted by Crippen LogP contribution is -2.42. The molecule has 134 valence electrons. The molecule has 0 radical (unpaired) electrons. The SMILES string of the molecule is CCc1cc(C(=O)N2CCC([C@H](NC(C)=O)c3nccs3)CC2)on1. The van der Waals surface area contributed by atoms with Crippen molar-refractivity contribution in [3.8, 4) is 0 Å². The number of nitrogens with zero attached hydrogens (tertiary/aromatic N) is 3. The molecule has 0 spiro atoms. The molecule has 0 aliphatic carbocycles. The minimum Gasteiger partial charge on any atom is -0.351 e. The van der Waals surface area contributed by atoms with Gasteiger partial charge in [-0.25, -0.2) is 4.98 Å². The zero-order chi connectivity index (χ0) is 17.8. The molecule has 2 amide bonds. The second-order valence-corrected chi connectivity index (χ2v) is 7.14. The number of piperidine rings is 1. The Labute approximate surface area is 150 Å². The van der Waals surface area contributed by atoms with E-state index in [1.807, 2.05) is 12.3 Å². The number of carbonyl (C=O) groups excluding carboxylic acids is 2. The van der Waals surface area contributed by atoms with Crippen LogP contribution in [0.15, 0.2) is 22.2 Å². The number of aromatic nitrogens is 2. The maximum Gasteiger partial charge on any atom is 0.292 e.